The predicted molar refractivity (Wildman–Crippen MR) is 5.75 cm³/mol. The average Bonchev–Trinajstić information content (AvgIpc) is 0. The van der Waals surface area contributed by atoms with Crippen molar-refractivity contribution in [1.82, 2.24) is 0 Å². The Morgan fingerprint density at radius 2 is 0.375 bits per heavy atom. The summed E-state index contributed by atoms with van der Waals surface area (Å²) in [6.07, 6.45) is 0. The van der Waals surface area contributed by atoms with E-state index in [1.165, 1.54) is 0 Å². The van der Waals surface area contributed by atoms with Crippen molar-refractivity contribution >= 4 is 48.9 Å². The van der Waals surface area contributed by atoms with Crippen LogP contribution in [0.5, 0.6) is 0 Å². The number of rotatable bonds is 0. The summed E-state index contributed by atoms with van der Waals surface area (Å²) in [5.41, 5.74) is 0. The fourth-order valence-corrected chi connectivity index (χ4v) is 0. The summed E-state index contributed by atoms with van der Waals surface area (Å²) < 4.78 is 0. The van der Waals surface area contributed by atoms with Crippen molar-refractivity contribution in [2.45, 2.75) is 0 Å². The van der Waals surface area contributed by atoms with Crippen molar-refractivity contribution in [3.05, 3.63) is 0 Å². The molecule has 0 amide bonds. The fraction of sp³-hybridized carbons (Fsp3) is 0. The molecule has 0 aliphatic carbocycles. The molecule has 0 saturated heterocycles. The first-order chi connectivity index (χ1) is 0. The summed E-state index contributed by atoms with van der Waals surface area (Å²) in [5, 5.41) is 0. The summed E-state index contributed by atoms with van der Waals surface area (Å²) in [6.45, 7) is 0. The maximum Gasteiger partial charge on any atom is 2.00 e. The van der Waals surface area contributed by atoms with Crippen LogP contribution >= 0.6 is 0 Å². The molecule has 0 spiro atoms. The Balaban J connectivity index is 0. The third-order valence-electron chi connectivity index (χ3n) is 0. The molecule has 0 bridgehead atoms. The van der Waals surface area contributed by atoms with Crippen LogP contribution in [0.3, 0.4) is 0 Å². The molecule has 0 rings (SSSR count). The van der Waals surface area contributed by atoms with Crippen LogP contribution in [0.4, 0.5) is 0 Å². The number of halogens is 6. The number of hydrogen-bond donors (Lipinski definition) is 0. The molecular formula is BaF6Ti-2. The smallest absolute Gasteiger partial charge is 1.00 e. The van der Waals surface area contributed by atoms with Gasteiger partial charge in [-0.15, -0.1) is 0 Å². The average molecular weight is 299 g/mol. The molecule has 0 N–H and O–H groups in total. The monoisotopic (exact) mass is 300 g/mol. The van der Waals surface area contributed by atoms with E-state index < -0.39 is 0 Å². The topological polar surface area (TPSA) is 0 Å². The second kappa shape index (κ2) is 158. The summed E-state index contributed by atoms with van der Waals surface area (Å²) in [7, 11) is 0. The van der Waals surface area contributed by atoms with Crippen molar-refractivity contribution < 1.29 is 49.9 Å². The van der Waals surface area contributed by atoms with E-state index in [1.807, 2.05) is 0 Å². The Labute approximate surface area is 97.3 Å². The summed E-state index contributed by atoms with van der Waals surface area (Å²) in [4.78, 5) is 0. The molecule has 0 heterocycles. The first-order valence-corrected chi connectivity index (χ1v) is 0. The van der Waals surface area contributed by atoms with E-state index in [0.717, 1.165) is 0 Å². The Bertz CT molecular complexity index is 8.49. The van der Waals surface area contributed by atoms with Crippen molar-refractivity contribution in [3.63, 3.8) is 0 Å². The fourth-order valence-electron chi connectivity index (χ4n) is 0. The zero-order chi connectivity index (χ0) is 0. The molecule has 0 radical (unpaired) electrons. The van der Waals surface area contributed by atoms with Gasteiger partial charge in [-0.1, -0.05) is 0 Å². The van der Waals surface area contributed by atoms with E-state index >= 15 is 0 Å². The molecule has 8 heteroatoms. The van der Waals surface area contributed by atoms with Gasteiger partial charge in [-0.05, 0) is 0 Å². The van der Waals surface area contributed by atoms with Crippen molar-refractivity contribution in [3.8, 4) is 0 Å². The van der Waals surface area contributed by atoms with E-state index in [0.29, 0.717) is 0 Å². The molecule has 50 valence electrons. The minimum absolute atomic E-state index is 0. The summed E-state index contributed by atoms with van der Waals surface area (Å²) in [6, 6.07) is 0. The van der Waals surface area contributed by atoms with Crippen LogP contribution in [0.1, 0.15) is 0 Å². The Morgan fingerprint density at radius 1 is 0.375 bits per heavy atom. The molecule has 0 aromatic rings. The van der Waals surface area contributed by atoms with Gasteiger partial charge in [-0.2, -0.15) is 0 Å². The van der Waals surface area contributed by atoms with Gasteiger partial charge in [0.15, 0.2) is 0 Å². The molecule has 0 aliphatic heterocycles. The van der Waals surface area contributed by atoms with Gasteiger partial charge in [-0.25, -0.2) is 0 Å². The van der Waals surface area contributed by atoms with Crippen LogP contribution in [0.25, 0.3) is 0 Å². The van der Waals surface area contributed by atoms with Gasteiger partial charge in [-0.3, -0.25) is 0 Å². The van der Waals surface area contributed by atoms with Crippen molar-refractivity contribution in [2.75, 3.05) is 0 Å². The first kappa shape index (κ1) is 223. The number of hydrogen-bond acceptors (Lipinski definition) is 0. The van der Waals surface area contributed by atoms with E-state index in [1.54, 1.807) is 0 Å². The predicted octanol–water partition coefficient (Wildman–Crippen LogP) is -18.4. The SMILES string of the molecule is [Ba+2].[F-].[F-].[F-].[F-].[F-].[F-].[Ti+2]. The zero-order valence-electron chi connectivity index (χ0n) is 3.47. The molecule has 8 heavy (non-hydrogen) atoms. The molecule has 0 fully saturated rings. The Hall–Kier alpha value is 1.87. The summed E-state index contributed by atoms with van der Waals surface area (Å²) >= 11 is 0. The van der Waals surface area contributed by atoms with Gasteiger partial charge in [0, 0.05) is 0 Å². The van der Waals surface area contributed by atoms with Gasteiger partial charge in [0.25, 0.3) is 0 Å². The molecule has 0 aliphatic rings. The molecule has 0 aromatic heterocycles. The van der Waals surface area contributed by atoms with E-state index in [4.69, 9.17) is 0 Å². The molecule has 0 atom stereocenters. The van der Waals surface area contributed by atoms with Crippen LogP contribution in [-0.4, -0.2) is 48.9 Å². The van der Waals surface area contributed by atoms with Crippen LogP contribution in [0, 0.1) is 0 Å². The van der Waals surface area contributed by atoms with Gasteiger partial charge >= 0.3 is 70.6 Å². The van der Waals surface area contributed by atoms with Crippen LogP contribution < -0.4 is 28.2 Å². The third-order valence-corrected chi connectivity index (χ3v) is 0. The van der Waals surface area contributed by atoms with Crippen LogP contribution in [0.15, 0.2) is 0 Å². The third kappa shape index (κ3) is 107. The largest absolute Gasteiger partial charge is 2.00 e. The quantitative estimate of drug-likeness (QED) is 0.308. The standard InChI is InChI=1S/Ba.6FH.Ti/h;6*1H;/q+2;;;;;;;+2/p-6. The second-order valence-corrected chi connectivity index (χ2v) is 0. The normalized spacial score (nSPS) is 0. The van der Waals surface area contributed by atoms with Gasteiger partial charge in [0.1, 0.15) is 0 Å². The maximum absolute atomic E-state index is 0. The van der Waals surface area contributed by atoms with Crippen molar-refractivity contribution in [2.24, 2.45) is 0 Å². The molecular weight excluding hydrogens is 299 g/mol. The Kier molecular flexibility index (Phi) is 4390. The molecule has 0 saturated carbocycles. The van der Waals surface area contributed by atoms with E-state index in [2.05, 4.69) is 0 Å². The minimum Gasteiger partial charge on any atom is -1.00 e. The van der Waals surface area contributed by atoms with Gasteiger partial charge in [0.2, 0.25) is 0 Å². The molecule has 0 nitrogen and oxygen atoms in total. The maximum atomic E-state index is 0. The zero-order valence-corrected chi connectivity index (χ0v) is 9.48. The molecule has 0 aromatic carbocycles. The van der Waals surface area contributed by atoms with E-state index in [9.17, 15) is 0 Å². The summed E-state index contributed by atoms with van der Waals surface area (Å²) in [5.74, 6) is 0. The van der Waals surface area contributed by atoms with E-state index in [-0.39, 0.29) is 98.8 Å². The first-order valence-electron chi connectivity index (χ1n) is 0. The minimum atomic E-state index is 0. The van der Waals surface area contributed by atoms with Crippen molar-refractivity contribution in [1.29, 1.82) is 0 Å². The van der Waals surface area contributed by atoms with Crippen LogP contribution in [-0.2, 0) is 21.7 Å². The Morgan fingerprint density at radius 3 is 0.375 bits per heavy atom. The van der Waals surface area contributed by atoms with Crippen LogP contribution in [0.2, 0.25) is 0 Å². The second-order valence-electron chi connectivity index (χ2n) is 0. The van der Waals surface area contributed by atoms with Gasteiger partial charge < -0.3 is 28.2 Å². The molecule has 0 unspecified atom stereocenters. The van der Waals surface area contributed by atoms with Gasteiger partial charge in [0.05, 0.1) is 0 Å².